The number of carbonyl (C=O) groups excluding carboxylic acids is 1. The third kappa shape index (κ3) is 2.14. The summed E-state index contributed by atoms with van der Waals surface area (Å²) in [5.74, 6) is 0.253. The fourth-order valence-electron chi connectivity index (χ4n) is 2.03. The molecule has 0 aliphatic heterocycles. The first kappa shape index (κ1) is 12.3. The predicted molar refractivity (Wildman–Crippen MR) is 74.5 cm³/mol. The van der Waals surface area contributed by atoms with Crippen molar-refractivity contribution in [2.75, 3.05) is 7.11 Å². The average molecular weight is 267 g/mol. The lowest BCUT2D eigenvalue weighted by Gasteiger charge is -1.97. The van der Waals surface area contributed by atoms with Gasteiger partial charge in [0.1, 0.15) is 0 Å². The van der Waals surface area contributed by atoms with E-state index in [2.05, 4.69) is 10.1 Å². The first-order valence-corrected chi connectivity index (χ1v) is 6.19. The van der Waals surface area contributed by atoms with E-state index < -0.39 is 0 Å². The molecule has 20 heavy (non-hydrogen) atoms. The molecule has 0 radical (unpaired) electrons. The van der Waals surface area contributed by atoms with Crippen LogP contribution in [0.3, 0.4) is 0 Å². The van der Waals surface area contributed by atoms with Crippen molar-refractivity contribution in [1.29, 1.82) is 0 Å². The summed E-state index contributed by atoms with van der Waals surface area (Å²) in [6.45, 7) is 2.02. The Bertz CT molecular complexity index is 793. The molecular weight excluding hydrogens is 254 g/mol. The van der Waals surface area contributed by atoms with Crippen LogP contribution in [0.4, 0.5) is 0 Å². The number of ether oxygens (including phenoxy) is 1. The molecule has 3 aromatic rings. The molecule has 0 unspecified atom stereocenters. The third-order valence-corrected chi connectivity index (χ3v) is 3.03. The highest BCUT2D eigenvalue weighted by Gasteiger charge is 2.10. The highest BCUT2D eigenvalue weighted by molar-refractivity contribution is 5.90. The Hall–Kier alpha value is -2.69. The van der Waals surface area contributed by atoms with Gasteiger partial charge in [0.25, 0.3) is 0 Å². The molecule has 100 valence electrons. The predicted octanol–water partition coefficient (Wildman–Crippen LogP) is 2.49. The van der Waals surface area contributed by atoms with Gasteiger partial charge in [0.05, 0.1) is 12.7 Å². The Balaban J connectivity index is 2.09. The molecule has 2 heterocycles. The molecule has 3 rings (SSSR count). The molecule has 0 atom stereocenters. The zero-order valence-corrected chi connectivity index (χ0v) is 11.2. The number of benzene rings is 1. The van der Waals surface area contributed by atoms with Gasteiger partial charge >= 0.3 is 5.97 Å². The highest BCUT2D eigenvalue weighted by atomic mass is 16.5. The summed E-state index contributed by atoms with van der Waals surface area (Å²) in [6.07, 6.45) is 1.70. The number of aryl methyl sites for hydroxylation is 1. The standard InChI is InChI=1S/C15H13N3O2/c1-10-4-3-5-11(8-10)14-16-13-9-12(15(19)20-2)6-7-18(13)17-14/h3-9H,1-2H3. The van der Waals surface area contributed by atoms with Crippen molar-refractivity contribution in [3.8, 4) is 11.4 Å². The van der Waals surface area contributed by atoms with Crippen molar-refractivity contribution in [2.45, 2.75) is 6.92 Å². The van der Waals surface area contributed by atoms with Gasteiger partial charge < -0.3 is 4.74 Å². The van der Waals surface area contributed by atoms with Gasteiger partial charge in [0.2, 0.25) is 0 Å². The lowest BCUT2D eigenvalue weighted by molar-refractivity contribution is 0.0600. The van der Waals surface area contributed by atoms with Gasteiger partial charge in [-0.1, -0.05) is 23.8 Å². The Morgan fingerprint density at radius 1 is 1.25 bits per heavy atom. The Morgan fingerprint density at radius 2 is 2.10 bits per heavy atom. The first-order valence-electron chi connectivity index (χ1n) is 6.19. The summed E-state index contributed by atoms with van der Waals surface area (Å²) < 4.78 is 6.34. The number of carbonyl (C=O) groups is 1. The molecule has 0 aliphatic carbocycles. The van der Waals surface area contributed by atoms with Crippen molar-refractivity contribution in [2.24, 2.45) is 0 Å². The van der Waals surface area contributed by atoms with Gasteiger partial charge in [-0.05, 0) is 25.1 Å². The van der Waals surface area contributed by atoms with Crippen molar-refractivity contribution >= 4 is 11.6 Å². The van der Waals surface area contributed by atoms with E-state index in [-0.39, 0.29) is 5.97 Å². The summed E-state index contributed by atoms with van der Waals surface area (Å²) in [6, 6.07) is 11.3. The van der Waals surface area contributed by atoms with E-state index in [1.54, 1.807) is 22.8 Å². The van der Waals surface area contributed by atoms with Crippen LogP contribution in [0.15, 0.2) is 42.6 Å². The number of fused-ring (bicyclic) bond motifs is 1. The SMILES string of the molecule is COC(=O)c1ccn2nc(-c3cccc(C)c3)nc2c1. The summed E-state index contributed by atoms with van der Waals surface area (Å²) in [5, 5.41) is 4.40. The van der Waals surface area contributed by atoms with Crippen LogP contribution in [0.25, 0.3) is 17.0 Å². The molecule has 0 aliphatic rings. The minimum absolute atomic E-state index is 0.382. The minimum Gasteiger partial charge on any atom is -0.465 e. The second-order valence-corrected chi connectivity index (χ2v) is 4.51. The van der Waals surface area contributed by atoms with Gasteiger partial charge in [-0.15, -0.1) is 5.10 Å². The highest BCUT2D eigenvalue weighted by Crippen LogP contribution is 2.18. The largest absolute Gasteiger partial charge is 0.465 e. The zero-order valence-electron chi connectivity index (χ0n) is 11.2. The van der Waals surface area contributed by atoms with Gasteiger partial charge in [-0.25, -0.2) is 14.3 Å². The Morgan fingerprint density at radius 3 is 2.85 bits per heavy atom. The van der Waals surface area contributed by atoms with Gasteiger partial charge in [0, 0.05) is 11.8 Å². The molecule has 5 nitrogen and oxygen atoms in total. The number of esters is 1. The van der Waals surface area contributed by atoms with E-state index in [1.807, 2.05) is 31.2 Å². The van der Waals surface area contributed by atoms with Crippen molar-refractivity contribution in [3.05, 3.63) is 53.7 Å². The van der Waals surface area contributed by atoms with E-state index in [4.69, 9.17) is 4.74 Å². The number of aromatic nitrogens is 3. The van der Waals surface area contributed by atoms with Crippen LogP contribution in [0.1, 0.15) is 15.9 Å². The molecule has 0 spiro atoms. The molecule has 5 heteroatoms. The molecule has 0 saturated heterocycles. The van der Waals surface area contributed by atoms with E-state index in [9.17, 15) is 4.79 Å². The molecule has 2 aromatic heterocycles. The molecule has 0 N–H and O–H groups in total. The van der Waals surface area contributed by atoms with Crippen molar-refractivity contribution < 1.29 is 9.53 Å². The summed E-state index contributed by atoms with van der Waals surface area (Å²) in [4.78, 5) is 15.9. The van der Waals surface area contributed by atoms with Crippen LogP contribution in [-0.2, 0) is 4.74 Å². The topological polar surface area (TPSA) is 56.5 Å². The Kier molecular flexibility index (Phi) is 2.95. The second kappa shape index (κ2) is 4.77. The second-order valence-electron chi connectivity index (χ2n) is 4.51. The number of methoxy groups -OCH3 is 1. The summed E-state index contributed by atoms with van der Waals surface area (Å²) in [5.41, 5.74) is 3.18. The Labute approximate surface area is 115 Å². The normalized spacial score (nSPS) is 10.7. The van der Waals surface area contributed by atoms with Crippen molar-refractivity contribution in [3.63, 3.8) is 0 Å². The summed E-state index contributed by atoms with van der Waals surface area (Å²) >= 11 is 0. The smallest absolute Gasteiger partial charge is 0.338 e. The number of pyridine rings is 1. The quantitative estimate of drug-likeness (QED) is 0.669. The van der Waals surface area contributed by atoms with Gasteiger partial charge in [-0.3, -0.25) is 0 Å². The number of rotatable bonds is 2. The van der Waals surface area contributed by atoms with Gasteiger partial charge in [-0.2, -0.15) is 0 Å². The van der Waals surface area contributed by atoms with Crippen LogP contribution in [-0.4, -0.2) is 27.7 Å². The van der Waals surface area contributed by atoms with Crippen LogP contribution in [0.2, 0.25) is 0 Å². The number of hydrogen-bond acceptors (Lipinski definition) is 4. The van der Waals surface area contributed by atoms with Crippen LogP contribution >= 0.6 is 0 Å². The van der Waals surface area contributed by atoms with E-state index in [0.717, 1.165) is 11.1 Å². The van der Waals surface area contributed by atoms with E-state index in [1.165, 1.54) is 7.11 Å². The van der Waals surface area contributed by atoms with Crippen LogP contribution in [0.5, 0.6) is 0 Å². The monoisotopic (exact) mass is 267 g/mol. The zero-order chi connectivity index (χ0) is 14.1. The lowest BCUT2D eigenvalue weighted by atomic mass is 10.1. The van der Waals surface area contributed by atoms with Crippen LogP contribution in [0, 0.1) is 6.92 Å². The molecule has 0 bridgehead atoms. The molecule has 0 amide bonds. The van der Waals surface area contributed by atoms with E-state index in [0.29, 0.717) is 17.0 Å². The minimum atomic E-state index is -0.382. The average Bonchev–Trinajstić information content (AvgIpc) is 2.89. The number of nitrogens with zero attached hydrogens (tertiary/aromatic N) is 3. The first-order chi connectivity index (χ1) is 9.67. The van der Waals surface area contributed by atoms with Gasteiger partial charge in [0.15, 0.2) is 11.5 Å². The molecule has 0 fully saturated rings. The third-order valence-electron chi connectivity index (χ3n) is 3.03. The molecular formula is C15H13N3O2. The fraction of sp³-hybridized carbons (Fsp3) is 0.133. The van der Waals surface area contributed by atoms with E-state index >= 15 is 0 Å². The maximum Gasteiger partial charge on any atom is 0.338 e. The van der Waals surface area contributed by atoms with Crippen molar-refractivity contribution in [1.82, 2.24) is 14.6 Å². The summed E-state index contributed by atoms with van der Waals surface area (Å²) in [7, 11) is 1.36. The molecule has 1 aromatic carbocycles. The maximum atomic E-state index is 11.5. The number of hydrogen-bond donors (Lipinski definition) is 0. The lowest BCUT2D eigenvalue weighted by Crippen LogP contribution is -2.02. The maximum absolute atomic E-state index is 11.5. The molecule has 0 saturated carbocycles. The fourth-order valence-corrected chi connectivity index (χ4v) is 2.03. The van der Waals surface area contributed by atoms with Crippen LogP contribution < -0.4 is 0 Å².